The second-order valence-electron chi connectivity index (χ2n) is 5.68. The number of nitrogens with one attached hydrogen (secondary N) is 1. The van der Waals surface area contributed by atoms with Crippen molar-refractivity contribution < 1.29 is 23.1 Å². The molecule has 0 aliphatic heterocycles. The SMILES string of the molecule is CCCC[C@H](NC(=O)OC(C)(C)C)P(=O)(OCC)OCC. The van der Waals surface area contributed by atoms with Gasteiger partial charge < -0.3 is 19.1 Å². The highest BCUT2D eigenvalue weighted by Gasteiger charge is 2.37. The van der Waals surface area contributed by atoms with Crippen LogP contribution in [-0.4, -0.2) is 30.7 Å². The van der Waals surface area contributed by atoms with Gasteiger partial charge in [0.2, 0.25) is 0 Å². The van der Waals surface area contributed by atoms with Crippen molar-refractivity contribution in [3.63, 3.8) is 0 Å². The third-order valence-corrected chi connectivity index (χ3v) is 4.90. The third kappa shape index (κ3) is 8.44. The second kappa shape index (κ2) is 9.44. The van der Waals surface area contributed by atoms with Crippen molar-refractivity contribution in [2.45, 2.75) is 72.2 Å². The highest BCUT2D eigenvalue weighted by atomic mass is 31.2. The van der Waals surface area contributed by atoms with Gasteiger partial charge in [0.25, 0.3) is 0 Å². The summed E-state index contributed by atoms with van der Waals surface area (Å²) in [4.78, 5) is 11.9. The number of rotatable bonds is 9. The van der Waals surface area contributed by atoms with E-state index in [9.17, 15) is 9.36 Å². The van der Waals surface area contributed by atoms with Crippen LogP contribution in [0.4, 0.5) is 4.79 Å². The van der Waals surface area contributed by atoms with E-state index in [1.165, 1.54) is 0 Å². The van der Waals surface area contributed by atoms with Crippen molar-refractivity contribution in [1.29, 1.82) is 0 Å². The molecule has 0 aliphatic rings. The van der Waals surface area contributed by atoms with E-state index in [1.807, 2.05) is 6.92 Å². The molecule has 126 valence electrons. The molecule has 0 bridgehead atoms. The molecule has 1 N–H and O–H groups in total. The smallest absolute Gasteiger partial charge is 0.408 e. The van der Waals surface area contributed by atoms with Crippen molar-refractivity contribution in [3.05, 3.63) is 0 Å². The quantitative estimate of drug-likeness (QED) is 0.641. The summed E-state index contributed by atoms with van der Waals surface area (Å²) in [5.74, 6) is -0.688. The fraction of sp³-hybridized carbons (Fsp3) is 0.929. The van der Waals surface area contributed by atoms with Gasteiger partial charge in [0.05, 0.1) is 13.2 Å². The monoisotopic (exact) mass is 323 g/mol. The Morgan fingerprint density at radius 2 is 1.67 bits per heavy atom. The van der Waals surface area contributed by atoms with Gasteiger partial charge in [-0.3, -0.25) is 4.57 Å². The number of amides is 1. The molecule has 6 nitrogen and oxygen atoms in total. The Bertz CT molecular complexity index is 344. The maximum absolute atomic E-state index is 12.8. The van der Waals surface area contributed by atoms with Gasteiger partial charge in [-0.15, -0.1) is 0 Å². The molecule has 0 aliphatic carbocycles. The predicted octanol–water partition coefficient (Wildman–Crippen LogP) is 4.29. The summed E-state index contributed by atoms with van der Waals surface area (Å²) in [5.41, 5.74) is -0.611. The highest BCUT2D eigenvalue weighted by Crippen LogP contribution is 2.53. The van der Waals surface area contributed by atoms with Gasteiger partial charge in [0.15, 0.2) is 0 Å². The Hall–Kier alpha value is -0.580. The molecule has 0 saturated carbocycles. The minimum Gasteiger partial charge on any atom is -0.444 e. The van der Waals surface area contributed by atoms with Crippen LogP contribution in [0.1, 0.15) is 60.8 Å². The summed E-state index contributed by atoms with van der Waals surface area (Å²) < 4.78 is 28.7. The van der Waals surface area contributed by atoms with E-state index in [1.54, 1.807) is 34.6 Å². The Morgan fingerprint density at radius 3 is 2.05 bits per heavy atom. The number of unbranched alkanes of at least 4 members (excludes halogenated alkanes) is 1. The van der Waals surface area contributed by atoms with E-state index in [4.69, 9.17) is 13.8 Å². The number of ether oxygens (including phenoxy) is 1. The molecule has 0 aromatic carbocycles. The molecule has 0 unspecified atom stereocenters. The Morgan fingerprint density at radius 1 is 1.14 bits per heavy atom. The number of hydrogen-bond donors (Lipinski definition) is 1. The highest BCUT2D eigenvalue weighted by molar-refractivity contribution is 7.54. The Kier molecular flexibility index (Phi) is 9.18. The fourth-order valence-electron chi connectivity index (χ4n) is 1.73. The Balaban J connectivity index is 4.98. The van der Waals surface area contributed by atoms with E-state index in [0.717, 1.165) is 12.8 Å². The molecule has 0 radical (unpaired) electrons. The van der Waals surface area contributed by atoms with Crippen molar-refractivity contribution >= 4 is 13.7 Å². The van der Waals surface area contributed by atoms with Crippen LogP contribution in [0.25, 0.3) is 0 Å². The van der Waals surface area contributed by atoms with Crippen LogP contribution in [0.15, 0.2) is 0 Å². The van der Waals surface area contributed by atoms with Gasteiger partial charge in [-0.05, 0) is 41.0 Å². The Labute approximate surface area is 128 Å². The van der Waals surface area contributed by atoms with Crippen LogP contribution >= 0.6 is 7.60 Å². The normalized spacial score (nSPS) is 13.8. The van der Waals surface area contributed by atoms with Gasteiger partial charge in [0, 0.05) is 0 Å². The first kappa shape index (κ1) is 20.4. The van der Waals surface area contributed by atoms with Crippen molar-refractivity contribution in [3.8, 4) is 0 Å². The standard InChI is InChI=1S/C14H30NO5P/c1-7-10-11-12(15-13(16)20-14(4,5)6)21(17,18-8-2)19-9-3/h12H,7-11H2,1-6H3,(H,15,16)/t12-/m1/s1. The number of alkyl carbamates (subject to hydrolysis) is 1. The van der Waals surface area contributed by atoms with E-state index >= 15 is 0 Å². The molecule has 0 aromatic heterocycles. The molecule has 1 amide bonds. The number of hydrogen-bond acceptors (Lipinski definition) is 5. The fourth-order valence-corrected chi connectivity index (χ4v) is 3.64. The van der Waals surface area contributed by atoms with E-state index in [2.05, 4.69) is 5.32 Å². The van der Waals surface area contributed by atoms with Gasteiger partial charge in [-0.1, -0.05) is 19.8 Å². The summed E-state index contributed by atoms with van der Waals surface area (Å²) in [7, 11) is -3.39. The third-order valence-electron chi connectivity index (χ3n) is 2.51. The average Bonchev–Trinajstić information content (AvgIpc) is 2.32. The van der Waals surface area contributed by atoms with Crippen molar-refractivity contribution in [2.24, 2.45) is 0 Å². The summed E-state index contributed by atoms with van der Waals surface area (Å²) in [6.45, 7) is 11.4. The minimum atomic E-state index is -3.39. The van der Waals surface area contributed by atoms with Crippen LogP contribution in [0, 0.1) is 0 Å². The first-order valence-corrected chi connectivity index (χ1v) is 9.18. The summed E-state index contributed by atoms with van der Waals surface area (Å²) in [6.07, 6.45) is 1.64. The van der Waals surface area contributed by atoms with Crippen molar-refractivity contribution in [2.75, 3.05) is 13.2 Å². The van der Waals surface area contributed by atoms with Gasteiger partial charge in [-0.2, -0.15) is 0 Å². The van der Waals surface area contributed by atoms with Crippen LogP contribution in [0.5, 0.6) is 0 Å². The lowest BCUT2D eigenvalue weighted by Crippen LogP contribution is -2.39. The molecule has 7 heteroatoms. The first-order valence-electron chi connectivity index (χ1n) is 7.56. The van der Waals surface area contributed by atoms with Gasteiger partial charge in [0.1, 0.15) is 11.4 Å². The minimum absolute atomic E-state index is 0.260. The summed E-state index contributed by atoms with van der Waals surface area (Å²) in [6, 6.07) is 0. The second-order valence-corrected chi connectivity index (χ2v) is 7.90. The van der Waals surface area contributed by atoms with Crippen LogP contribution in [0.2, 0.25) is 0 Å². The van der Waals surface area contributed by atoms with Crippen LogP contribution in [-0.2, 0) is 18.3 Å². The summed E-state index contributed by atoms with van der Waals surface area (Å²) in [5, 5.41) is 2.64. The zero-order valence-corrected chi connectivity index (χ0v) is 15.0. The predicted molar refractivity (Wildman–Crippen MR) is 83.5 cm³/mol. The maximum atomic E-state index is 12.8. The lowest BCUT2D eigenvalue weighted by Gasteiger charge is -2.28. The summed E-state index contributed by atoms with van der Waals surface area (Å²) >= 11 is 0. The molecule has 0 spiro atoms. The molecular formula is C14H30NO5P. The molecular weight excluding hydrogens is 293 g/mol. The first-order chi connectivity index (χ1) is 9.68. The average molecular weight is 323 g/mol. The van der Waals surface area contributed by atoms with Crippen LogP contribution in [0.3, 0.4) is 0 Å². The molecule has 0 fully saturated rings. The molecule has 0 heterocycles. The van der Waals surface area contributed by atoms with Crippen LogP contribution < -0.4 is 5.32 Å². The molecule has 0 rings (SSSR count). The number of carbonyl (C=O) groups excluding carboxylic acids is 1. The largest absolute Gasteiger partial charge is 0.444 e. The zero-order chi connectivity index (χ0) is 16.5. The molecule has 0 saturated heterocycles. The van der Waals surface area contributed by atoms with E-state index in [-0.39, 0.29) is 13.2 Å². The number of carbonyl (C=O) groups is 1. The maximum Gasteiger partial charge on any atom is 0.408 e. The lowest BCUT2D eigenvalue weighted by molar-refractivity contribution is 0.0506. The van der Waals surface area contributed by atoms with Crippen molar-refractivity contribution in [1.82, 2.24) is 5.32 Å². The molecule has 0 aromatic rings. The van der Waals surface area contributed by atoms with E-state index < -0.39 is 25.1 Å². The van der Waals surface area contributed by atoms with Gasteiger partial charge >= 0.3 is 13.7 Å². The lowest BCUT2D eigenvalue weighted by atomic mass is 10.2. The topological polar surface area (TPSA) is 73.9 Å². The van der Waals surface area contributed by atoms with E-state index in [0.29, 0.717) is 6.42 Å². The molecule has 1 atom stereocenters. The zero-order valence-electron chi connectivity index (χ0n) is 14.1. The molecule has 21 heavy (non-hydrogen) atoms. The van der Waals surface area contributed by atoms with Gasteiger partial charge in [-0.25, -0.2) is 4.79 Å².